The van der Waals surface area contributed by atoms with E-state index in [0.29, 0.717) is 22.2 Å². The lowest BCUT2D eigenvalue weighted by Gasteiger charge is -1.99. The van der Waals surface area contributed by atoms with E-state index in [4.69, 9.17) is 4.42 Å². The monoisotopic (exact) mass is 341 g/mol. The molecule has 0 aliphatic rings. The fourth-order valence-electron chi connectivity index (χ4n) is 1.79. The number of carbonyl (C=O) groups excluding carboxylic acids is 1. The Labute approximate surface area is 124 Å². The van der Waals surface area contributed by atoms with Gasteiger partial charge in [-0.25, -0.2) is 14.2 Å². The van der Waals surface area contributed by atoms with Gasteiger partial charge in [-0.05, 0) is 40.5 Å². The van der Waals surface area contributed by atoms with Crippen LogP contribution in [0.4, 0.5) is 4.39 Å². The SMILES string of the molecule is CCCc1nc(-c2cc(F)ccc2Br)oc1C(=O)OC. The normalized spacial score (nSPS) is 10.6. The summed E-state index contributed by atoms with van der Waals surface area (Å²) >= 11 is 3.31. The van der Waals surface area contributed by atoms with E-state index in [-0.39, 0.29) is 11.7 Å². The van der Waals surface area contributed by atoms with Crippen molar-refractivity contribution in [2.75, 3.05) is 7.11 Å². The minimum Gasteiger partial charge on any atom is -0.463 e. The molecule has 2 aromatic rings. The van der Waals surface area contributed by atoms with Gasteiger partial charge in [0.2, 0.25) is 11.7 Å². The molecule has 0 aliphatic heterocycles. The number of aryl methyl sites for hydroxylation is 1. The summed E-state index contributed by atoms with van der Waals surface area (Å²) in [5.74, 6) is -0.724. The van der Waals surface area contributed by atoms with Crippen molar-refractivity contribution in [3.63, 3.8) is 0 Å². The summed E-state index contributed by atoms with van der Waals surface area (Å²) in [6, 6.07) is 4.18. The van der Waals surface area contributed by atoms with Gasteiger partial charge in [-0.1, -0.05) is 13.3 Å². The van der Waals surface area contributed by atoms with Crippen molar-refractivity contribution in [2.45, 2.75) is 19.8 Å². The molecule has 0 bridgehead atoms. The highest BCUT2D eigenvalue weighted by molar-refractivity contribution is 9.10. The van der Waals surface area contributed by atoms with Gasteiger partial charge in [-0.3, -0.25) is 0 Å². The van der Waals surface area contributed by atoms with Crippen LogP contribution in [-0.4, -0.2) is 18.1 Å². The largest absolute Gasteiger partial charge is 0.463 e. The molecule has 20 heavy (non-hydrogen) atoms. The zero-order valence-electron chi connectivity index (χ0n) is 11.1. The van der Waals surface area contributed by atoms with E-state index < -0.39 is 11.8 Å². The number of carbonyl (C=O) groups is 1. The molecule has 106 valence electrons. The molecule has 0 spiro atoms. The van der Waals surface area contributed by atoms with Crippen LogP contribution in [-0.2, 0) is 11.2 Å². The van der Waals surface area contributed by atoms with Gasteiger partial charge in [0.1, 0.15) is 5.82 Å². The van der Waals surface area contributed by atoms with Crippen LogP contribution in [0, 0.1) is 5.82 Å². The number of halogens is 2. The Hall–Kier alpha value is -1.69. The van der Waals surface area contributed by atoms with Gasteiger partial charge in [0.25, 0.3) is 0 Å². The molecule has 0 saturated carbocycles. The van der Waals surface area contributed by atoms with Crippen LogP contribution in [0.3, 0.4) is 0 Å². The molecule has 0 N–H and O–H groups in total. The molecule has 0 saturated heterocycles. The third-order valence-corrected chi connectivity index (χ3v) is 3.41. The third-order valence-electron chi connectivity index (χ3n) is 2.71. The molecule has 1 aromatic heterocycles. The van der Waals surface area contributed by atoms with Gasteiger partial charge in [0.05, 0.1) is 18.4 Å². The van der Waals surface area contributed by atoms with E-state index in [1.165, 1.54) is 19.2 Å². The zero-order chi connectivity index (χ0) is 14.7. The molecule has 6 heteroatoms. The first kappa shape index (κ1) is 14.7. The fraction of sp³-hybridized carbons (Fsp3) is 0.286. The second-order valence-corrected chi connectivity index (χ2v) is 5.01. The summed E-state index contributed by atoms with van der Waals surface area (Å²) in [5, 5.41) is 0. The van der Waals surface area contributed by atoms with E-state index in [1.54, 1.807) is 6.07 Å². The minimum atomic E-state index is -0.584. The molecular formula is C14H13BrFNO3. The molecule has 1 aromatic carbocycles. The molecule has 4 nitrogen and oxygen atoms in total. The Kier molecular flexibility index (Phi) is 4.54. The fourth-order valence-corrected chi connectivity index (χ4v) is 2.20. The van der Waals surface area contributed by atoms with E-state index in [1.807, 2.05) is 6.92 Å². The number of esters is 1. The smallest absolute Gasteiger partial charge is 0.376 e. The predicted molar refractivity (Wildman–Crippen MR) is 74.9 cm³/mol. The molecule has 0 radical (unpaired) electrons. The maximum absolute atomic E-state index is 13.3. The Morgan fingerprint density at radius 2 is 2.25 bits per heavy atom. The first-order valence-corrected chi connectivity index (χ1v) is 6.89. The van der Waals surface area contributed by atoms with Crippen LogP contribution in [0.1, 0.15) is 29.6 Å². The van der Waals surface area contributed by atoms with E-state index in [2.05, 4.69) is 25.7 Å². The number of hydrogen-bond acceptors (Lipinski definition) is 4. The summed E-state index contributed by atoms with van der Waals surface area (Å²) in [4.78, 5) is 15.9. The number of ether oxygens (including phenoxy) is 1. The van der Waals surface area contributed by atoms with Crippen LogP contribution in [0.5, 0.6) is 0 Å². The minimum absolute atomic E-state index is 0.0699. The second-order valence-electron chi connectivity index (χ2n) is 4.16. The lowest BCUT2D eigenvalue weighted by molar-refractivity contribution is 0.0564. The van der Waals surface area contributed by atoms with Crippen molar-refractivity contribution in [3.8, 4) is 11.5 Å². The number of hydrogen-bond donors (Lipinski definition) is 0. The molecule has 0 aliphatic carbocycles. The maximum atomic E-state index is 13.3. The molecule has 0 atom stereocenters. The van der Waals surface area contributed by atoms with Crippen LogP contribution in [0.2, 0.25) is 0 Å². The van der Waals surface area contributed by atoms with Crippen LogP contribution < -0.4 is 0 Å². The second kappa shape index (κ2) is 6.17. The summed E-state index contributed by atoms with van der Waals surface area (Å²) in [5.41, 5.74) is 0.975. The summed E-state index contributed by atoms with van der Waals surface area (Å²) in [6.45, 7) is 1.97. The van der Waals surface area contributed by atoms with Crippen LogP contribution >= 0.6 is 15.9 Å². The van der Waals surface area contributed by atoms with Crippen LogP contribution in [0.15, 0.2) is 27.1 Å². The maximum Gasteiger partial charge on any atom is 0.376 e. The quantitative estimate of drug-likeness (QED) is 0.789. The number of rotatable bonds is 4. The van der Waals surface area contributed by atoms with Crippen molar-refractivity contribution in [1.82, 2.24) is 4.98 Å². The van der Waals surface area contributed by atoms with Gasteiger partial charge < -0.3 is 9.15 Å². The summed E-state index contributed by atoms with van der Waals surface area (Å²) < 4.78 is 24.1. The Bertz CT molecular complexity index is 639. The Morgan fingerprint density at radius 1 is 1.50 bits per heavy atom. The number of methoxy groups -OCH3 is 1. The molecule has 0 fully saturated rings. The molecular weight excluding hydrogens is 329 g/mol. The van der Waals surface area contributed by atoms with Gasteiger partial charge in [-0.15, -0.1) is 0 Å². The zero-order valence-corrected chi connectivity index (χ0v) is 12.7. The first-order chi connectivity index (χ1) is 9.56. The first-order valence-electron chi connectivity index (χ1n) is 6.10. The summed E-state index contributed by atoms with van der Waals surface area (Å²) in [6.07, 6.45) is 1.39. The van der Waals surface area contributed by atoms with Gasteiger partial charge in [0.15, 0.2) is 0 Å². The molecule has 1 heterocycles. The van der Waals surface area contributed by atoms with Gasteiger partial charge in [0, 0.05) is 4.47 Å². The third kappa shape index (κ3) is 2.90. The number of benzene rings is 1. The van der Waals surface area contributed by atoms with Gasteiger partial charge >= 0.3 is 5.97 Å². The van der Waals surface area contributed by atoms with Crippen molar-refractivity contribution >= 4 is 21.9 Å². The Morgan fingerprint density at radius 3 is 2.90 bits per heavy atom. The van der Waals surface area contributed by atoms with Crippen molar-refractivity contribution in [3.05, 3.63) is 39.9 Å². The highest BCUT2D eigenvalue weighted by Gasteiger charge is 2.22. The highest BCUT2D eigenvalue weighted by atomic mass is 79.9. The molecule has 2 rings (SSSR count). The standard InChI is InChI=1S/C14H13BrFNO3/c1-3-4-11-12(14(18)19-2)20-13(17-11)9-7-8(16)5-6-10(9)15/h5-7H,3-4H2,1-2H3. The van der Waals surface area contributed by atoms with E-state index in [9.17, 15) is 9.18 Å². The average Bonchev–Trinajstić information content (AvgIpc) is 2.85. The Balaban J connectivity index is 2.52. The number of oxazole rings is 1. The van der Waals surface area contributed by atoms with E-state index >= 15 is 0 Å². The summed E-state index contributed by atoms with van der Waals surface area (Å²) in [7, 11) is 1.28. The van der Waals surface area contributed by atoms with Gasteiger partial charge in [-0.2, -0.15) is 0 Å². The lowest BCUT2D eigenvalue weighted by atomic mass is 10.2. The molecule has 0 amide bonds. The molecule has 0 unspecified atom stereocenters. The van der Waals surface area contributed by atoms with Crippen LogP contribution in [0.25, 0.3) is 11.5 Å². The topological polar surface area (TPSA) is 52.3 Å². The van der Waals surface area contributed by atoms with Crippen molar-refractivity contribution < 1.29 is 18.3 Å². The predicted octanol–water partition coefficient (Wildman–Crippen LogP) is 3.98. The average molecular weight is 342 g/mol. The number of nitrogens with zero attached hydrogens (tertiary/aromatic N) is 1. The van der Waals surface area contributed by atoms with Crippen molar-refractivity contribution in [2.24, 2.45) is 0 Å². The highest BCUT2D eigenvalue weighted by Crippen LogP contribution is 2.30. The lowest BCUT2D eigenvalue weighted by Crippen LogP contribution is -2.03. The van der Waals surface area contributed by atoms with Crippen molar-refractivity contribution in [1.29, 1.82) is 0 Å². The van der Waals surface area contributed by atoms with E-state index in [0.717, 1.165) is 6.42 Å². The number of aromatic nitrogens is 1.